The van der Waals surface area contributed by atoms with Gasteiger partial charge in [0.15, 0.2) is 0 Å². The minimum absolute atomic E-state index is 0.00160. The van der Waals surface area contributed by atoms with Gasteiger partial charge < -0.3 is 15.0 Å². The Bertz CT molecular complexity index is 952. The summed E-state index contributed by atoms with van der Waals surface area (Å²) < 4.78 is 5.80. The number of carbonyl (C=O) groups excluding carboxylic acids is 2. The monoisotopic (exact) mass is 377 g/mol. The largest absolute Gasteiger partial charge is 0.450 e. The maximum Gasteiger partial charge on any atom is 0.339 e. The van der Waals surface area contributed by atoms with Crippen LogP contribution in [0.15, 0.2) is 53.7 Å². The maximum absolute atomic E-state index is 12.7. The summed E-state index contributed by atoms with van der Waals surface area (Å²) in [7, 11) is 0. The van der Waals surface area contributed by atoms with Gasteiger partial charge in [-0.2, -0.15) is 0 Å². The molecule has 1 fully saturated rings. The Kier molecular flexibility index (Phi) is 3.89. The number of aromatic nitrogens is 1. The molecule has 1 saturated heterocycles. The van der Waals surface area contributed by atoms with Gasteiger partial charge in [0.2, 0.25) is 0 Å². The van der Waals surface area contributed by atoms with Crippen molar-refractivity contribution in [3.63, 3.8) is 0 Å². The molecular weight excluding hydrogens is 354 g/mol. The third-order valence-corrected chi connectivity index (χ3v) is 6.41. The number of piperidine rings is 1. The molecule has 1 aromatic heterocycles. The second-order valence-corrected chi connectivity index (χ2v) is 7.97. The average Bonchev–Trinajstić information content (AvgIpc) is 2.92. The standard InChI is InChI=1S/C22H23N3O3/c1-14-12-19(24-20(26)16-5-3-2-4-15(14)16)25-10-7-22(8-11-25)18-13-23-9-6-17(18)21(27)28-22/h6,9,12-13H,1-5,7-8,10-11H2,(H,24,26). The quantitative estimate of drug-likeness (QED) is 0.762. The van der Waals surface area contributed by atoms with Crippen molar-refractivity contribution < 1.29 is 14.3 Å². The highest BCUT2D eigenvalue weighted by molar-refractivity contribution is 5.97. The second kappa shape index (κ2) is 6.33. The van der Waals surface area contributed by atoms with Crippen LogP contribution >= 0.6 is 0 Å². The number of pyridine rings is 1. The highest BCUT2D eigenvalue weighted by atomic mass is 16.6. The van der Waals surface area contributed by atoms with Gasteiger partial charge in [-0.3, -0.25) is 9.78 Å². The lowest BCUT2D eigenvalue weighted by Crippen LogP contribution is -2.45. The van der Waals surface area contributed by atoms with E-state index in [1.165, 1.54) is 0 Å². The highest BCUT2D eigenvalue weighted by Gasteiger charge is 2.48. The molecular formula is C22H23N3O3. The number of nitrogens with one attached hydrogen (secondary N) is 1. The number of likely N-dealkylation sites (tertiary alicyclic amines) is 1. The normalized spacial score (nSPS) is 23.6. The van der Waals surface area contributed by atoms with Crippen LogP contribution in [0.3, 0.4) is 0 Å². The Balaban J connectivity index is 1.36. The van der Waals surface area contributed by atoms with Crippen LogP contribution in [0, 0.1) is 0 Å². The molecule has 0 atom stereocenters. The molecule has 6 nitrogen and oxygen atoms in total. The maximum atomic E-state index is 12.7. The number of amides is 1. The molecule has 0 aromatic carbocycles. The lowest BCUT2D eigenvalue weighted by atomic mass is 9.84. The summed E-state index contributed by atoms with van der Waals surface area (Å²) in [6.07, 6.45) is 10.6. The number of hydrogen-bond donors (Lipinski definition) is 1. The van der Waals surface area contributed by atoms with Crippen molar-refractivity contribution in [1.82, 2.24) is 15.2 Å². The molecule has 1 amide bonds. The van der Waals surface area contributed by atoms with Gasteiger partial charge in [0.25, 0.3) is 5.91 Å². The first-order valence-corrected chi connectivity index (χ1v) is 9.94. The van der Waals surface area contributed by atoms with Crippen LogP contribution in [0.25, 0.3) is 0 Å². The molecule has 28 heavy (non-hydrogen) atoms. The fourth-order valence-electron chi connectivity index (χ4n) is 4.86. The number of esters is 1. The van der Waals surface area contributed by atoms with E-state index in [-0.39, 0.29) is 11.9 Å². The van der Waals surface area contributed by atoms with Gasteiger partial charge in [-0.25, -0.2) is 4.79 Å². The van der Waals surface area contributed by atoms with E-state index in [0.717, 1.165) is 53.8 Å². The fraction of sp³-hybridized carbons (Fsp3) is 0.409. The van der Waals surface area contributed by atoms with Gasteiger partial charge in [-0.05, 0) is 49.0 Å². The molecule has 0 bridgehead atoms. The van der Waals surface area contributed by atoms with Gasteiger partial charge in [0, 0.05) is 49.5 Å². The van der Waals surface area contributed by atoms with Gasteiger partial charge in [-0.1, -0.05) is 6.58 Å². The summed E-state index contributed by atoms with van der Waals surface area (Å²) in [4.78, 5) is 31.4. The Hall–Kier alpha value is -2.89. The summed E-state index contributed by atoms with van der Waals surface area (Å²) in [5.41, 5.74) is 3.85. The van der Waals surface area contributed by atoms with E-state index >= 15 is 0 Å². The number of carbonyl (C=O) groups is 2. The van der Waals surface area contributed by atoms with Crippen molar-refractivity contribution in [3.8, 4) is 0 Å². The van der Waals surface area contributed by atoms with Crippen LogP contribution in [-0.4, -0.2) is 34.8 Å². The Morgan fingerprint density at radius 1 is 1.14 bits per heavy atom. The summed E-state index contributed by atoms with van der Waals surface area (Å²) in [6.45, 7) is 5.59. The molecule has 6 heteroatoms. The predicted octanol–water partition coefficient (Wildman–Crippen LogP) is 2.94. The number of fused-ring (bicyclic) bond motifs is 2. The third-order valence-electron chi connectivity index (χ3n) is 6.41. The molecule has 144 valence electrons. The first-order chi connectivity index (χ1) is 13.6. The fourth-order valence-corrected chi connectivity index (χ4v) is 4.86. The number of allylic oxidation sites excluding steroid dienone is 3. The Morgan fingerprint density at radius 3 is 2.68 bits per heavy atom. The number of nitrogens with zero attached hydrogens (tertiary/aromatic N) is 2. The van der Waals surface area contributed by atoms with Gasteiger partial charge >= 0.3 is 5.97 Å². The topological polar surface area (TPSA) is 71.5 Å². The van der Waals surface area contributed by atoms with Crippen LogP contribution in [0.1, 0.15) is 54.4 Å². The molecule has 1 aliphatic carbocycles. The van der Waals surface area contributed by atoms with Crippen LogP contribution in [0.4, 0.5) is 0 Å². The highest BCUT2D eigenvalue weighted by Crippen LogP contribution is 2.44. The molecule has 0 saturated carbocycles. The van der Waals surface area contributed by atoms with Gasteiger partial charge in [0.05, 0.1) is 5.56 Å². The number of rotatable bonds is 1. The summed E-state index contributed by atoms with van der Waals surface area (Å²) in [5, 5.41) is 3.09. The minimum atomic E-state index is -0.596. The molecule has 1 N–H and O–H groups in total. The van der Waals surface area contributed by atoms with Crippen molar-refractivity contribution >= 4 is 11.9 Å². The molecule has 1 spiro atoms. The van der Waals surface area contributed by atoms with Crippen molar-refractivity contribution in [3.05, 3.63) is 64.8 Å². The number of hydrogen-bond acceptors (Lipinski definition) is 5. The number of ether oxygens (including phenoxy) is 1. The third kappa shape index (κ3) is 2.58. The Labute approximate surface area is 164 Å². The van der Waals surface area contributed by atoms with E-state index in [4.69, 9.17) is 4.74 Å². The van der Waals surface area contributed by atoms with E-state index in [9.17, 15) is 9.59 Å². The lowest BCUT2D eigenvalue weighted by Gasteiger charge is -2.40. The SMILES string of the molecule is C=C1C=C(N2CCC3(CC2)OC(=O)c2ccncc23)NC(=O)C2=C1CCCC2. The first-order valence-electron chi connectivity index (χ1n) is 9.94. The molecule has 0 radical (unpaired) electrons. The predicted molar refractivity (Wildman–Crippen MR) is 103 cm³/mol. The minimum Gasteiger partial charge on any atom is -0.450 e. The zero-order chi connectivity index (χ0) is 19.3. The van der Waals surface area contributed by atoms with Crippen molar-refractivity contribution in [2.24, 2.45) is 0 Å². The average molecular weight is 377 g/mol. The van der Waals surface area contributed by atoms with E-state index in [2.05, 4.69) is 21.8 Å². The molecule has 3 aliphatic heterocycles. The van der Waals surface area contributed by atoms with E-state index in [1.807, 2.05) is 6.08 Å². The lowest BCUT2D eigenvalue weighted by molar-refractivity contribution is -0.117. The molecule has 5 rings (SSSR count). The second-order valence-electron chi connectivity index (χ2n) is 7.97. The summed E-state index contributed by atoms with van der Waals surface area (Å²) in [6, 6.07) is 1.73. The van der Waals surface area contributed by atoms with Crippen molar-refractivity contribution in [1.29, 1.82) is 0 Å². The van der Waals surface area contributed by atoms with Crippen molar-refractivity contribution in [2.75, 3.05) is 13.1 Å². The molecule has 0 unspecified atom stereocenters. The first kappa shape index (κ1) is 17.2. The molecule has 4 aliphatic rings. The van der Waals surface area contributed by atoms with Crippen LogP contribution in [-0.2, 0) is 15.1 Å². The molecule has 4 heterocycles. The van der Waals surface area contributed by atoms with E-state index in [1.54, 1.807) is 18.5 Å². The Morgan fingerprint density at radius 2 is 1.89 bits per heavy atom. The summed E-state index contributed by atoms with van der Waals surface area (Å²) >= 11 is 0. The zero-order valence-corrected chi connectivity index (χ0v) is 15.8. The molecule has 1 aromatic rings. The van der Waals surface area contributed by atoms with Crippen LogP contribution in [0.5, 0.6) is 0 Å². The summed E-state index contributed by atoms with van der Waals surface area (Å²) in [5.74, 6) is 0.537. The van der Waals surface area contributed by atoms with Crippen LogP contribution < -0.4 is 5.32 Å². The van der Waals surface area contributed by atoms with E-state index in [0.29, 0.717) is 31.5 Å². The van der Waals surface area contributed by atoms with Gasteiger partial charge in [0.1, 0.15) is 11.4 Å². The zero-order valence-electron chi connectivity index (χ0n) is 15.8. The van der Waals surface area contributed by atoms with E-state index < -0.39 is 5.60 Å². The van der Waals surface area contributed by atoms with Crippen molar-refractivity contribution in [2.45, 2.75) is 44.1 Å². The smallest absolute Gasteiger partial charge is 0.339 e. The van der Waals surface area contributed by atoms with Gasteiger partial charge in [-0.15, -0.1) is 0 Å². The van der Waals surface area contributed by atoms with Crippen LogP contribution in [0.2, 0.25) is 0 Å².